The van der Waals surface area contributed by atoms with Crippen LogP contribution in [0.15, 0.2) is 71.3 Å². The molecule has 0 radical (unpaired) electrons. The van der Waals surface area contributed by atoms with Crippen LogP contribution >= 0.6 is 0 Å². The SMILES string of the molecule is COc1cccc(C(=O)NC2CCN(c3ccccc3C(=O)NCc3ccco3)CC2)c1. The Bertz CT molecular complexity index is 1060. The summed E-state index contributed by atoms with van der Waals surface area (Å²) in [5, 5.41) is 6.04. The van der Waals surface area contributed by atoms with Crippen LogP contribution in [-0.2, 0) is 6.54 Å². The number of carbonyl (C=O) groups excluding carboxylic acids is 2. The van der Waals surface area contributed by atoms with E-state index in [2.05, 4.69) is 15.5 Å². The second kappa shape index (κ2) is 10.0. The van der Waals surface area contributed by atoms with Crippen molar-refractivity contribution in [2.75, 3.05) is 25.1 Å². The summed E-state index contributed by atoms with van der Waals surface area (Å²) in [6.45, 7) is 1.86. The molecule has 0 spiro atoms. The Hall–Kier alpha value is -3.74. The van der Waals surface area contributed by atoms with E-state index in [9.17, 15) is 9.59 Å². The van der Waals surface area contributed by atoms with Gasteiger partial charge in [0, 0.05) is 30.4 Å². The Labute approximate surface area is 187 Å². The molecule has 2 N–H and O–H groups in total. The summed E-state index contributed by atoms with van der Waals surface area (Å²) in [6.07, 6.45) is 3.20. The highest BCUT2D eigenvalue weighted by Gasteiger charge is 2.24. The molecule has 2 amide bonds. The first-order valence-electron chi connectivity index (χ1n) is 10.7. The molecule has 0 atom stereocenters. The Kier molecular flexibility index (Phi) is 6.75. The summed E-state index contributed by atoms with van der Waals surface area (Å²) in [7, 11) is 1.59. The number of piperidine rings is 1. The zero-order chi connectivity index (χ0) is 22.3. The van der Waals surface area contributed by atoms with Gasteiger partial charge in [-0.2, -0.15) is 0 Å². The van der Waals surface area contributed by atoms with Crippen molar-refractivity contribution < 1.29 is 18.7 Å². The zero-order valence-electron chi connectivity index (χ0n) is 18.0. The maximum Gasteiger partial charge on any atom is 0.253 e. The fraction of sp³-hybridized carbons (Fsp3) is 0.280. The number of rotatable bonds is 7. The maximum absolute atomic E-state index is 12.8. The van der Waals surface area contributed by atoms with Gasteiger partial charge in [0.1, 0.15) is 11.5 Å². The van der Waals surface area contributed by atoms with E-state index in [0.717, 1.165) is 31.6 Å². The third kappa shape index (κ3) is 5.11. The van der Waals surface area contributed by atoms with Crippen LogP contribution in [0.25, 0.3) is 0 Å². The van der Waals surface area contributed by atoms with Crippen molar-refractivity contribution in [2.45, 2.75) is 25.4 Å². The number of hydrogen-bond acceptors (Lipinski definition) is 5. The Morgan fingerprint density at radius 3 is 2.59 bits per heavy atom. The van der Waals surface area contributed by atoms with Crippen LogP contribution in [0, 0.1) is 0 Å². The molecule has 1 aliphatic rings. The molecule has 0 unspecified atom stereocenters. The summed E-state index contributed by atoms with van der Waals surface area (Å²) in [6, 6.07) is 18.5. The van der Waals surface area contributed by atoms with E-state index < -0.39 is 0 Å². The van der Waals surface area contributed by atoms with Gasteiger partial charge in [0.25, 0.3) is 11.8 Å². The molecule has 32 heavy (non-hydrogen) atoms. The van der Waals surface area contributed by atoms with E-state index >= 15 is 0 Å². The van der Waals surface area contributed by atoms with Crippen molar-refractivity contribution in [2.24, 2.45) is 0 Å². The number of nitrogens with zero attached hydrogens (tertiary/aromatic N) is 1. The molecule has 3 aromatic rings. The predicted octanol–water partition coefficient (Wildman–Crippen LogP) is 3.62. The van der Waals surface area contributed by atoms with Gasteiger partial charge in [0.05, 0.1) is 25.5 Å². The lowest BCUT2D eigenvalue weighted by atomic mass is 10.0. The van der Waals surface area contributed by atoms with Gasteiger partial charge in [-0.1, -0.05) is 18.2 Å². The minimum absolute atomic E-state index is 0.0879. The van der Waals surface area contributed by atoms with E-state index in [-0.39, 0.29) is 17.9 Å². The standard InChI is InChI=1S/C25H27N3O4/c1-31-20-7-4-6-18(16-20)24(29)27-19-11-13-28(14-12-19)23-10-3-2-9-22(23)25(30)26-17-21-8-5-15-32-21/h2-10,15-16,19H,11-14,17H2,1H3,(H,26,30)(H,27,29). The van der Waals surface area contributed by atoms with Crippen molar-refractivity contribution in [1.29, 1.82) is 0 Å². The van der Waals surface area contributed by atoms with Gasteiger partial charge in [0.2, 0.25) is 0 Å². The molecule has 1 fully saturated rings. The first-order valence-corrected chi connectivity index (χ1v) is 10.7. The molecule has 2 aromatic carbocycles. The third-order valence-corrected chi connectivity index (χ3v) is 5.65. The normalized spacial score (nSPS) is 14.1. The fourth-order valence-electron chi connectivity index (χ4n) is 3.91. The molecule has 0 aliphatic carbocycles. The lowest BCUT2D eigenvalue weighted by Crippen LogP contribution is -2.45. The molecule has 7 nitrogen and oxygen atoms in total. The largest absolute Gasteiger partial charge is 0.497 e. The number of methoxy groups -OCH3 is 1. The summed E-state index contributed by atoms with van der Waals surface area (Å²) in [5.41, 5.74) is 2.13. The lowest BCUT2D eigenvalue weighted by Gasteiger charge is -2.35. The van der Waals surface area contributed by atoms with Crippen molar-refractivity contribution in [3.63, 3.8) is 0 Å². The summed E-state index contributed by atoms with van der Waals surface area (Å²) in [5.74, 6) is 1.14. The molecule has 166 valence electrons. The zero-order valence-corrected chi connectivity index (χ0v) is 18.0. The van der Waals surface area contributed by atoms with Gasteiger partial charge in [0.15, 0.2) is 0 Å². The third-order valence-electron chi connectivity index (χ3n) is 5.65. The molecule has 1 aliphatic heterocycles. The number of ether oxygens (including phenoxy) is 1. The van der Waals surface area contributed by atoms with E-state index in [1.54, 1.807) is 31.6 Å². The van der Waals surface area contributed by atoms with Crippen LogP contribution in [-0.4, -0.2) is 38.1 Å². The van der Waals surface area contributed by atoms with E-state index in [1.165, 1.54) is 0 Å². The van der Waals surface area contributed by atoms with Crippen molar-refractivity contribution >= 4 is 17.5 Å². The van der Waals surface area contributed by atoms with Gasteiger partial charge in [-0.05, 0) is 55.3 Å². The number of furan rings is 1. The number of para-hydroxylation sites is 1. The Morgan fingerprint density at radius 2 is 1.84 bits per heavy atom. The smallest absolute Gasteiger partial charge is 0.253 e. The average Bonchev–Trinajstić information content (AvgIpc) is 3.37. The quantitative estimate of drug-likeness (QED) is 0.595. The molecular weight excluding hydrogens is 406 g/mol. The topological polar surface area (TPSA) is 83.8 Å². The number of amides is 2. The van der Waals surface area contributed by atoms with Gasteiger partial charge in [-0.15, -0.1) is 0 Å². The van der Waals surface area contributed by atoms with Gasteiger partial charge < -0.3 is 24.7 Å². The van der Waals surface area contributed by atoms with Crippen LogP contribution in [0.5, 0.6) is 5.75 Å². The average molecular weight is 434 g/mol. The van der Waals surface area contributed by atoms with Crippen LogP contribution in [0.1, 0.15) is 39.3 Å². The van der Waals surface area contributed by atoms with Gasteiger partial charge in [-0.25, -0.2) is 0 Å². The second-order valence-corrected chi connectivity index (χ2v) is 7.75. The molecule has 1 saturated heterocycles. The molecule has 4 rings (SSSR count). The molecule has 1 aromatic heterocycles. The summed E-state index contributed by atoms with van der Waals surface area (Å²) in [4.78, 5) is 27.6. The predicted molar refractivity (Wildman–Crippen MR) is 122 cm³/mol. The molecule has 2 heterocycles. The van der Waals surface area contributed by atoms with Crippen LogP contribution < -0.4 is 20.3 Å². The van der Waals surface area contributed by atoms with Crippen LogP contribution in [0.3, 0.4) is 0 Å². The van der Waals surface area contributed by atoms with Crippen molar-refractivity contribution in [1.82, 2.24) is 10.6 Å². The first kappa shape index (κ1) is 21.5. The highest BCUT2D eigenvalue weighted by Crippen LogP contribution is 2.25. The van der Waals surface area contributed by atoms with Crippen molar-refractivity contribution in [3.8, 4) is 5.75 Å². The Balaban J connectivity index is 1.35. The van der Waals surface area contributed by atoms with Gasteiger partial charge in [-0.3, -0.25) is 9.59 Å². The van der Waals surface area contributed by atoms with E-state index in [4.69, 9.17) is 9.15 Å². The minimum Gasteiger partial charge on any atom is -0.497 e. The molecular formula is C25H27N3O4. The van der Waals surface area contributed by atoms with Gasteiger partial charge >= 0.3 is 0 Å². The monoisotopic (exact) mass is 433 g/mol. The summed E-state index contributed by atoms with van der Waals surface area (Å²) >= 11 is 0. The van der Waals surface area contributed by atoms with Crippen molar-refractivity contribution in [3.05, 3.63) is 83.8 Å². The molecule has 0 saturated carbocycles. The molecule has 0 bridgehead atoms. The lowest BCUT2D eigenvalue weighted by molar-refractivity contribution is 0.0929. The number of anilines is 1. The first-order chi connectivity index (χ1) is 15.6. The van der Waals surface area contributed by atoms with Crippen LogP contribution in [0.2, 0.25) is 0 Å². The maximum atomic E-state index is 12.8. The van der Waals surface area contributed by atoms with Crippen LogP contribution in [0.4, 0.5) is 5.69 Å². The number of benzene rings is 2. The van der Waals surface area contributed by atoms with E-state index in [1.807, 2.05) is 42.5 Å². The molecule has 7 heteroatoms. The highest BCUT2D eigenvalue weighted by atomic mass is 16.5. The second-order valence-electron chi connectivity index (χ2n) is 7.75. The number of hydrogen-bond donors (Lipinski definition) is 2. The fourth-order valence-corrected chi connectivity index (χ4v) is 3.91. The summed E-state index contributed by atoms with van der Waals surface area (Å²) < 4.78 is 10.5. The number of nitrogens with one attached hydrogen (secondary N) is 2. The number of carbonyl (C=O) groups is 2. The highest BCUT2D eigenvalue weighted by molar-refractivity contribution is 5.99. The van der Waals surface area contributed by atoms with E-state index in [0.29, 0.717) is 29.2 Å². The minimum atomic E-state index is -0.134. The Morgan fingerprint density at radius 1 is 1.03 bits per heavy atom.